The minimum Gasteiger partial charge on any atom is -0.296 e. The van der Waals surface area contributed by atoms with Gasteiger partial charge in [-0.15, -0.1) is 35.1 Å². The minimum atomic E-state index is 0. The lowest BCUT2D eigenvalue weighted by atomic mass is 10.2. The Bertz CT molecular complexity index is 883. The number of thiophene rings is 2. The third-order valence-corrected chi connectivity index (χ3v) is 6.17. The van der Waals surface area contributed by atoms with Crippen LogP contribution < -0.4 is 5.56 Å². The fourth-order valence-corrected chi connectivity index (χ4v) is 4.68. The number of nitrogens with zero attached hydrogens (tertiary/aromatic N) is 3. The molecule has 1 aliphatic rings. The van der Waals surface area contributed by atoms with Gasteiger partial charge in [0.1, 0.15) is 10.5 Å². The molecule has 3 aromatic heterocycles. The molecule has 3 aromatic rings. The molecule has 0 N–H and O–H groups in total. The van der Waals surface area contributed by atoms with Crippen LogP contribution in [0.15, 0.2) is 27.7 Å². The van der Waals surface area contributed by atoms with Gasteiger partial charge in [-0.25, -0.2) is 4.98 Å². The normalized spacial score (nSPS) is 15.2. The lowest BCUT2D eigenvalue weighted by Crippen LogP contribution is -2.28. The second-order valence-corrected chi connectivity index (χ2v) is 7.59. The number of fused-ring (bicyclic) bond motifs is 2. The lowest BCUT2D eigenvalue weighted by Gasteiger charge is -2.18. The van der Waals surface area contributed by atoms with Crippen LogP contribution in [0.4, 0.5) is 0 Å². The van der Waals surface area contributed by atoms with Gasteiger partial charge in [0.05, 0.1) is 5.52 Å². The van der Waals surface area contributed by atoms with Gasteiger partial charge < -0.3 is 0 Å². The summed E-state index contributed by atoms with van der Waals surface area (Å²) in [5.74, 6) is 0.932. The summed E-state index contributed by atoms with van der Waals surface area (Å²) in [7, 11) is 0. The van der Waals surface area contributed by atoms with E-state index in [1.54, 1.807) is 0 Å². The summed E-state index contributed by atoms with van der Waals surface area (Å²) in [6, 6.07) is 4.12. The second kappa shape index (κ2) is 6.73. The molecule has 0 bridgehead atoms. The molecular formula is C16H18ClN3OS2. The molecule has 0 aromatic carbocycles. The third kappa shape index (κ3) is 3.08. The summed E-state index contributed by atoms with van der Waals surface area (Å²) >= 11 is 3.31. The first kappa shape index (κ1) is 16.6. The summed E-state index contributed by atoms with van der Waals surface area (Å²) < 4.78 is 2.66. The van der Waals surface area contributed by atoms with Gasteiger partial charge in [0.2, 0.25) is 0 Å². The Labute approximate surface area is 148 Å². The van der Waals surface area contributed by atoms with Crippen LogP contribution in [0.2, 0.25) is 0 Å². The van der Waals surface area contributed by atoms with Crippen LogP contribution >= 0.6 is 35.1 Å². The van der Waals surface area contributed by atoms with Crippen molar-refractivity contribution in [2.24, 2.45) is 0 Å². The fourth-order valence-electron chi connectivity index (χ4n) is 2.95. The van der Waals surface area contributed by atoms with Crippen LogP contribution in [-0.4, -0.2) is 27.5 Å². The van der Waals surface area contributed by atoms with Gasteiger partial charge in [0.15, 0.2) is 0 Å². The van der Waals surface area contributed by atoms with Crippen molar-refractivity contribution in [3.8, 4) is 0 Å². The van der Waals surface area contributed by atoms with Gasteiger partial charge in [-0.3, -0.25) is 14.3 Å². The van der Waals surface area contributed by atoms with E-state index in [1.165, 1.54) is 21.8 Å². The van der Waals surface area contributed by atoms with Crippen molar-refractivity contribution in [3.05, 3.63) is 49.5 Å². The summed E-state index contributed by atoms with van der Waals surface area (Å²) in [5.41, 5.74) is 2.34. The molecule has 0 fully saturated rings. The zero-order valence-electron chi connectivity index (χ0n) is 12.8. The molecule has 1 aliphatic heterocycles. The molecule has 4 nitrogen and oxygen atoms in total. The molecule has 0 spiro atoms. The number of aryl methyl sites for hydroxylation is 1. The van der Waals surface area contributed by atoms with E-state index in [9.17, 15) is 4.79 Å². The Morgan fingerprint density at radius 3 is 2.78 bits per heavy atom. The largest absolute Gasteiger partial charge is 0.296 e. The molecule has 0 amide bonds. The Morgan fingerprint density at radius 2 is 2.00 bits per heavy atom. The Morgan fingerprint density at radius 1 is 1.17 bits per heavy atom. The number of rotatable bonds is 2. The molecule has 23 heavy (non-hydrogen) atoms. The smallest absolute Gasteiger partial charge is 0.271 e. The van der Waals surface area contributed by atoms with Crippen LogP contribution in [0, 0.1) is 6.92 Å². The van der Waals surface area contributed by atoms with Gasteiger partial charge in [-0.1, -0.05) is 0 Å². The predicted molar refractivity (Wildman–Crippen MR) is 99.2 cm³/mol. The van der Waals surface area contributed by atoms with E-state index in [2.05, 4.69) is 23.3 Å². The molecule has 0 unspecified atom stereocenters. The van der Waals surface area contributed by atoms with E-state index >= 15 is 0 Å². The first-order valence-corrected chi connectivity index (χ1v) is 9.20. The highest BCUT2D eigenvalue weighted by atomic mass is 35.5. The van der Waals surface area contributed by atoms with Crippen molar-refractivity contribution in [1.29, 1.82) is 0 Å². The Balaban J connectivity index is 0.00000156. The highest BCUT2D eigenvalue weighted by molar-refractivity contribution is 7.17. The van der Waals surface area contributed by atoms with Crippen molar-refractivity contribution in [2.45, 2.75) is 26.4 Å². The minimum absolute atomic E-state index is 0. The summed E-state index contributed by atoms with van der Waals surface area (Å²) in [6.45, 7) is 5.74. The topological polar surface area (TPSA) is 38.1 Å². The van der Waals surface area contributed by atoms with E-state index in [0.717, 1.165) is 48.6 Å². The van der Waals surface area contributed by atoms with Gasteiger partial charge in [0, 0.05) is 37.5 Å². The summed E-state index contributed by atoms with van der Waals surface area (Å²) in [5, 5.41) is 4.10. The zero-order valence-corrected chi connectivity index (χ0v) is 15.3. The molecule has 0 aliphatic carbocycles. The van der Waals surface area contributed by atoms with Crippen LogP contribution in [0.1, 0.15) is 16.3 Å². The Hall–Kier alpha value is -1.21. The van der Waals surface area contributed by atoms with Crippen LogP contribution in [-0.2, 0) is 19.5 Å². The van der Waals surface area contributed by atoms with Crippen molar-refractivity contribution in [3.63, 3.8) is 0 Å². The molecule has 0 atom stereocenters. The SMILES string of the molecule is Cc1ccsc1CN1CCc2nc3ccsc3c(=O)n2CC1.Cl. The Kier molecular flexibility index (Phi) is 4.87. The van der Waals surface area contributed by atoms with Crippen molar-refractivity contribution in [1.82, 2.24) is 14.5 Å². The van der Waals surface area contributed by atoms with Gasteiger partial charge >= 0.3 is 0 Å². The molecule has 4 rings (SSSR count). The monoisotopic (exact) mass is 367 g/mol. The number of aromatic nitrogens is 2. The lowest BCUT2D eigenvalue weighted by molar-refractivity contribution is 0.273. The second-order valence-electron chi connectivity index (χ2n) is 5.67. The van der Waals surface area contributed by atoms with Crippen LogP contribution in [0.25, 0.3) is 10.2 Å². The van der Waals surface area contributed by atoms with E-state index in [1.807, 2.05) is 27.4 Å². The van der Waals surface area contributed by atoms with Crippen LogP contribution in [0.3, 0.4) is 0 Å². The highest BCUT2D eigenvalue weighted by Gasteiger charge is 2.18. The van der Waals surface area contributed by atoms with Crippen molar-refractivity contribution < 1.29 is 0 Å². The van der Waals surface area contributed by atoms with Gasteiger partial charge in [0.25, 0.3) is 5.56 Å². The first-order valence-electron chi connectivity index (χ1n) is 7.44. The van der Waals surface area contributed by atoms with Crippen LogP contribution in [0.5, 0.6) is 0 Å². The quantitative estimate of drug-likeness (QED) is 0.697. The van der Waals surface area contributed by atoms with Gasteiger partial charge in [-0.05, 0) is 35.4 Å². The van der Waals surface area contributed by atoms with E-state index in [4.69, 9.17) is 4.98 Å². The first-order chi connectivity index (χ1) is 10.7. The molecule has 0 saturated carbocycles. The maximum atomic E-state index is 12.6. The molecule has 0 radical (unpaired) electrons. The molecule has 7 heteroatoms. The highest BCUT2D eigenvalue weighted by Crippen LogP contribution is 2.20. The third-order valence-electron chi connectivity index (χ3n) is 4.27. The zero-order chi connectivity index (χ0) is 15.1. The van der Waals surface area contributed by atoms with E-state index < -0.39 is 0 Å². The predicted octanol–water partition coefficient (Wildman–Crippen LogP) is 3.31. The number of halogens is 1. The fraction of sp³-hybridized carbons (Fsp3) is 0.375. The summed E-state index contributed by atoms with van der Waals surface area (Å²) in [4.78, 5) is 21.1. The van der Waals surface area contributed by atoms with E-state index in [-0.39, 0.29) is 18.0 Å². The molecular weight excluding hydrogens is 350 g/mol. The average Bonchev–Trinajstić information content (AvgIpc) is 3.07. The van der Waals surface area contributed by atoms with Crippen molar-refractivity contribution in [2.75, 3.05) is 13.1 Å². The maximum Gasteiger partial charge on any atom is 0.271 e. The molecule has 4 heterocycles. The average molecular weight is 368 g/mol. The number of hydrogen-bond donors (Lipinski definition) is 0. The standard InChI is InChI=1S/C16H17N3OS2.ClH/c1-11-3-8-21-13(11)10-18-5-2-14-17-12-4-9-22-15(12)16(20)19(14)7-6-18;/h3-4,8-9H,2,5-7,10H2,1H3;1H. The van der Waals surface area contributed by atoms with Gasteiger partial charge in [-0.2, -0.15) is 0 Å². The molecule has 122 valence electrons. The molecule has 0 saturated heterocycles. The summed E-state index contributed by atoms with van der Waals surface area (Å²) in [6.07, 6.45) is 0.839. The maximum absolute atomic E-state index is 12.6. The van der Waals surface area contributed by atoms with Crippen molar-refractivity contribution >= 4 is 45.3 Å². The number of hydrogen-bond acceptors (Lipinski definition) is 5. The van der Waals surface area contributed by atoms with E-state index in [0.29, 0.717) is 0 Å².